The Morgan fingerprint density at radius 1 is 1.33 bits per heavy atom. The predicted octanol–water partition coefficient (Wildman–Crippen LogP) is 2.08. The number of hydrogen-bond donors (Lipinski definition) is 1. The molecule has 1 aliphatic heterocycles. The third-order valence-electron chi connectivity index (χ3n) is 3.12. The molecule has 0 unspecified atom stereocenters. The average molecular weight is 326 g/mol. The van der Waals surface area contributed by atoms with Gasteiger partial charge in [0.1, 0.15) is 11.0 Å². The molecule has 0 spiro atoms. The monoisotopic (exact) mass is 325 g/mol. The van der Waals surface area contributed by atoms with Crippen LogP contribution in [0.1, 0.15) is 5.01 Å². The highest BCUT2D eigenvalue weighted by atomic mass is 35.5. The molecule has 1 saturated heterocycles. The first kappa shape index (κ1) is 14.5. The van der Waals surface area contributed by atoms with E-state index in [1.54, 1.807) is 17.4 Å². The number of morpholine rings is 1. The second-order valence-corrected chi connectivity index (χ2v) is 5.94. The van der Waals surface area contributed by atoms with Crippen molar-refractivity contribution in [3.05, 3.63) is 27.8 Å². The van der Waals surface area contributed by atoms with E-state index in [1.807, 2.05) is 11.6 Å². The van der Waals surface area contributed by atoms with Crippen molar-refractivity contribution >= 4 is 34.7 Å². The molecule has 1 N–H and O–H groups in total. The first-order valence-corrected chi connectivity index (χ1v) is 8.06. The second kappa shape index (κ2) is 7.02. The fourth-order valence-corrected chi connectivity index (χ4v) is 2.90. The van der Waals surface area contributed by atoms with Crippen LogP contribution in [0.2, 0.25) is 5.15 Å². The van der Waals surface area contributed by atoms with Crippen molar-refractivity contribution in [2.75, 3.05) is 43.1 Å². The molecule has 21 heavy (non-hydrogen) atoms. The maximum Gasteiger partial charge on any atom is 0.226 e. The molecule has 3 rings (SSSR count). The van der Waals surface area contributed by atoms with Gasteiger partial charge in [0.05, 0.1) is 18.2 Å². The summed E-state index contributed by atoms with van der Waals surface area (Å²) in [5, 5.41) is 6.72. The third kappa shape index (κ3) is 4.03. The molecule has 0 amide bonds. The maximum atomic E-state index is 6.09. The first-order valence-electron chi connectivity index (χ1n) is 6.81. The smallest absolute Gasteiger partial charge is 0.226 e. The number of rotatable bonds is 5. The number of aromatic nitrogens is 3. The van der Waals surface area contributed by atoms with Crippen LogP contribution in [0, 0.1) is 0 Å². The second-order valence-electron chi connectivity index (χ2n) is 4.57. The summed E-state index contributed by atoms with van der Waals surface area (Å²) in [5.41, 5.74) is 0. The SMILES string of the molecule is Clc1cc(N2CCOCC2)nc(NCCc2nccs2)n1. The van der Waals surface area contributed by atoms with Crippen LogP contribution < -0.4 is 10.2 Å². The van der Waals surface area contributed by atoms with E-state index in [9.17, 15) is 0 Å². The first-order chi connectivity index (χ1) is 10.3. The number of halogens is 1. The molecule has 3 heterocycles. The van der Waals surface area contributed by atoms with Gasteiger partial charge in [0.25, 0.3) is 0 Å². The Morgan fingerprint density at radius 2 is 2.19 bits per heavy atom. The standard InChI is InChI=1S/C13H16ClN5OS/c14-10-9-11(19-4-6-20-7-5-19)18-13(17-10)16-2-1-12-15-3-8-21-12/h3,8-9H,1-2,4-7H2,(H,16,17,18). The van der Waals surface area contributed by atoms with E-state index in [2.05, 4.69) is 25.2 Å². The van der Waals surface area contributed by atoms with Crippen LogP contribution in [-0.2, 0) is 11.2 Å². The zero-order valence-corrected chi connectivity index (χ0v) is 13.0. The van der Waals surface area contributed by atoms with Gasteiger partial charge in [-0.25, -0.2) is 9.97 Å². The predicted molar refractivity (Wildman–Crippen MR) is 84.4 cm³/mol. The van der Waals surface area contributed by atoms with Gasteiger partial charge in [0.2, 0.25) is 5.95 Å². The molecule has 0 aliphatic carbocycles. The van der Waals surface area contributed by atoms with E-state index in [4.69, 9.17) is 16.3 Å². The zero-order valence-electron chi connectivity index (χ0n) is 11.5. The van der Waals surface area contributed by atoms with Crippen molar-refractivity contribution in [1.29, 1.82) is 0 Å². The van der Waals surface area contributed by atoms with Crippen LogP contribution in [0.4, 0.5) is 11.8 Å². The molecule has 0 saturated carbocycles. The van der Waals surface area contributed by atoms with E-state index >= 15 is 0 Å². The topological polar surface area (TPSA) is 63.2 Å². The minimum absolute atomic E-state index is 0.447. The van der Waals surface area contributed by atoms with Gasteiger partial charge in [-0.15, -0.1) is 11.3 Å². The number of nitrogens with zero attached hydrogens (tertiary/aromatic N) is 4. The summed E-state index contributed by atoms with van der Waals surface area (Å²) in [7, 11) is 0. The van der Waals surface area contributed by atoms with Crippen molar-refractivity contribution < 1.29 is 4.74 Å². The summed E-state index contributed by atoms with van der Waals surface area (Å²) in [6.07, 6.45) is 2.66. The van der Waals surface area contributed by atoms with Crippen LogP contribution in [0.15, 0.2) is 17.6 Å². The Morgan fingerprint density at radius 3 is 2.95 bits per heavy atom. The summed E-state index contributed by atoms with van der Waals surface area (Å²) in [4.78, 5) is 15.1. The molecule has 0 aromatic carbocycles. The molecule has 0 radical (unpaired) electrons. The van der Waals surface area contributed by atoms with Gasteiger partial charge in [0.15, 0.2) is 0 Å². The number of nitrogens with one attached hydrogen (secondary N) is 1. The van der Waals surface area contributed by atoms with Crippen molar-refractivity contribution in [2.24, 2.45) is 0 Å². The zero-order chi connectivity index (χ0) is 14.5. The Bertz CT molecular complexity index is 574. The highest BCUT2D eigenvalue weighted by molar-refractivity contribution is 7.09. The lowest BCUT2D eigenvalue weighted by atomic mass is 10.4. The highest BCUT2D eigenvalue weighted by Gasteiger charge is 2.14. The Labute approximate surface area is 132 Å². The van der Waals surface area contributed by atoms with Gasteiger partial charge in [0, 0.05) is 43.7 Å². The highest BCUT2D eigenvalue weighted by Crippen LogP contribution is 2.19. The minimum atomic E-state index is 0.447. The van der Waals surface area contributed by atoms with Crippen LogP contribution in [-0.4, -0.2) is 47.8 Å². The summed E-state index contributed by atoms with van der Waals surface area (Å²) in [6, 6.07) is 1.79. The van der Waals surface area contributed by atoms with E-state index < -0.39 is 0 Å². The molecule has 2 aromatic rings. The van der Waals surface area contributed by atoms with E-state index in [-0.39, 0.29) is 0 Å². The Kier molecular flexibility index (Phi) is 4.84. The minimum Gasteiger partial charge on any atom is -0.378 e. The van der Waals surface area contributed by atoms with Gasteiger partial charge >= 0.3 is 0 Å². The number of thiazole rings is 1. The van der Waals surface area contributed by atoms with E-state index in [1.165, 1.54) is 0 Å². The van der Waals surface area contributed by atoms with Gasteiger partial charge < -0.3 is 15.0 Å². The Balaban J connectivity index is 1.63. The lowest BCUT2D eigenvalue weighted by Crippen LogP contribution is -2.36. The van der Waals surface area contributed by atoms with Crippen molar-refractivity contribution in [3.8, 4) is 0 Å². The quantitative estimate of drug-likeness (QED) is 0.849. The van der Waals surface area contributed by atoms with Gasteiger partial charge in [-0.05, 0) is 0 Å². The molecule has 8 heteroatoms. The third-order valence-corrected chi connectivity index (χ3v) is 4.15. The number of ether oxygens (including phenoxy) is 1. The summed E-state index contributed by atoms with van der Waals surface area (Å²) in [5.74, 6) is 1.40. The summed E-state index contributed by atoms with van der Waals surface area (Å²) >= 11 is 7.74. The molecular weight excluding hydrogens is 310 g/mol. The molecule has 1 fully saturated rings. The molecule has 2 aromatic heterocycles. The fourth-order valence-electron chi connectivity index (χ4n) is 2.10. The fraction of sp³-hybridized carbons (Fsp3) is 0.462. The van der Waals surface area contributed by atoms with Crippen molar-refractivity contribution in [3.63, 3.8) is 0 Å². The molecule has 112 valence electrons. The van der Waals surface area contributed by atoms with Gasteiger partial charge in [-0.3, -0.25) is 0 Å². The Hall–Kier alpha value is -1.44. The van der Waals surface area contributed by atoms with Crippen molar-refractivity contribution in [1.82, 2.24) is 15.0 Å². The lowest BCUT2D eigenvalue weighted by Gasteiger charge is -2.28. The van der Waals surface area contributed by atoms with Gasteiger partial charge in [-0.1, -0.05) is 11.6 Å². The van der Waals surface area contributed by atoms with Gasteiger partial charge in [-0.2, -0.15) is 4.98 Å². The van der Waals surface area contributed by atoms with Crippen LogP contribution in [0.5, 0.6) is 0 Å². The van der Waals surface area contributed by atoms with Crippen LogP contribution in [0.3, 0.4) is 0 Å². The lowest BCUT2D eigenvalue weighted by molar-refractivity contribution is 0.122. The van der Waals surface area contributed by atoms with E-state index in [0.717, 1.165) is 36.9 Å². The number of anilines is 2. The molecule has 1 aliphatic rings. The number of hydrogen-bond acceptors (Lipinski definition) is 7. The van der Waals surface area contributed by atoms with E-state index in [0.29, 0.717) is 24.3 Å². The molecule has 6 nitrogen and oxygen atoms in total. The van der Waals surface area contributed by atoms with Crippen molar-refractivity contribution in [2.45, 2.75) is 6.42 Å². The van der Waals surface area contributed by atoms with Crippen LogP contribution >= 0.6 is 22.9 Å². The molecule has 0 bridgehead atoms. The maximum absolute atomic E-state index is 6.09. The summed E-state index contributed by atoms with van der Waals surface area (Å²) in [6.45, 7) is 3.82. The molecular formula is C13H16ClN5OS. The summed E-state index contributed by atoms with van der Waals surface area (Å²) < 4.78 is 5.35. The average Bonchev–Trinajstić information content (AvgIpc) is 3.01. The normalized spacial score (nSPS) is 15.2. The molecule has 0 atom stereocenters. The van der Waals surface area contributed by atoms with Crippen LogP contribution in [0.25, 0.3) is 0 Å². The largest absolute Gasteiger partial charge is 0.378 e.